The molecule has 0 aliphatic heterocycles. The summed E-state index contributed by atoms with van der Waals surface area (Å²) in [6, 6.07) is 8.43. The van der Waals surface area contributed by atoms with E-state index in [0.717, 1.165) is 12.5 Å². The highest BCUT2D eigenvalue weighted by Gasteiger charge is 2.25. The van der Waals surface area contributed by atoms with Gasteiger partial charge in [0.05, 0.1) is 13.7 Å². The Hall–Kier alpha value is -1.35. The summed E-state index contributed by atoms with van der Waals surface area (Å²) < 4.78 is 4.58. The van der Waals surface area contributed by atoms with Crippen molar-refractivity contribution in [3.05, 3.63) is 35.4 Å². The lowest BCUT2D eigenvalue weighted by molar-refractivity contribution is -0.139. The fourth-order valence-corrected chi connectivity index (χ4v) is 1.86. The molecule has 1 aromatic carbocycles. The number of nitrogens with one attached hydrogen (secondary N) is 1. The van der Waals surface area contributed by atoms with Crippen LogP contribution in [0.1, 0.15) is 29.9 Å². The molecule has 1 aromatic rings. The van der Waals surface area contributed by atoms with Gasteiger partial charge in [-0.2, -0.15) is 0 Å². The number of hydrogen-bond donors (Lipinski definition) is 1. The predicted octanol–water partition coefficient (Wildman–Crippen LogP) is 1.83. The van der Waals surface area contributed by atoms with Gasteiger partial charge in [-0.3, -0.25) is 4.79 Å². The van der Waals surface area contributed by atoms with Gasteiger partial charge in [-0.15, -0.1) is 0 Å². The van der Waals surface area contributed by atoms with Crippen LogP contribution < -0.4 is 5.32 Å². The zero-order chi connectivity index (χ0) is 11.4. The molecule has 0 heterocycles. The van der Waals surface area contributed by atoms with Crippen molar-refractivity contribution in [1.82, 2.24) is 5.32 Å². The van der Waals surface area contributed by atoms with Gasteiger partial charge in [0.1, 0.15) is 0 Å². The lowest BCUT2D eigenvalue weighted by Crippen LogP contribution is -2.23. The summed E-state index contributed by atoms with van der Waals surface area (Å²) in [6.45, 7) is 1.01. The molecule has 2 rings (SSSR count). The standard InChI is InChI=1S/C13H17NO2/c1-16-13(15)9-14-8-11-4-2-3-5-12(11)10-6-7-10/h2-5,10,14H,6-9H2,1H3. The van der Waals surface area contributed by atoms with E-state index in [-0.39, 0.29) is 12.5 Å². The number of esters is 1. The smallest absolute Gasteiger partial charge is 0.319 e. The highest BCUT2D eigenvalue weighted by Crippen LogP contribution is 2.41. The molecule has 1 N–H and O–H groups in total. The molecule has 16 heavy (non-hydrogen) atoms. The van der Waals surface area contributed by atoms with Crippen LogP contribution in [0.3, 0.4) is 0 Å². The third kappa shape index (κ3) is 2.83. The Kier molecular flexibility index (Phi) is 3.57. The van der Waals surface area contributed by atoms with Crippen molar-refractivity contribution in [3.63, 3.8) is 0 Å². The summed E-state index contributed by atoms with van der Waals surface area (Å²) in [4.78, 5) is 10.9. The van der Waals surface area contributed by atoms with Crippen LogP contribution in [-0.4, -0.2) is 19.6 Å². The van der Waals surface area contributed by atoms with Crippen LogP contribution >= 0.6 is 0 Å². The van der Waals surface area contributed by atoms with E-state index < -0.39 is 0 Å². The largest absolute Gasteiger partial charge is 0.468 e. The summed E-state index contributed by atoms with van der Waals surface area (Å²) in [5.74, 6) is 0.528. The van der Waals surface area contributed by atoms with Crippen LogP contribution in [0, 0.1) is 0 Å². The SMILES string of the molecule is COC(=O)CNCc1ccccc1C1CC1. The van der Waals surface area contributed by atoms with Crippen LogP contribution in [0.15, 0.2) is 24.3 Å². The Morgan fingerprint density at radius 1 is 1.44 bits per heavy atom. The fraction of sp³-hybridized carbons (Fsp3) is 0.462. The lowest BCUT2D eigenvalue weighted by Gasteiger charge is -2.09. The molecule has 0 amide bonds. The van der Waals surface area contributed by atoms with Gasteiger partial charge < -0.3 is 10.1 Å². The van der Waals surface area contributed by atoms with Gasteiger partial charge in [0.2, 0.25) is 0 Å². The third-order valence-electron chi connectivity index (χ3n) is 2.88. The first kappa shape index (κ1) is 11.1. The van der Waals surface area contributed by atoms with Crippen molar-refractivity contribution >= 4 is 5.97 Å². The van der Waals surface area contributed by atoms with Crippen molar-refractivity contribution in [2.24, 2.45) is 0 Å². The van der Waals surface area contributed by atoms with Gasteiger partial charge in [0.25, 0.3) is 0 Å². The van der Waals surface area contributed by atoms with E-state index in [1.165, 1.54) is 31.1 Å². The summed E-state index contributed by atoms with van der Waals surface area (Å²) in [7, 11) is 1.40. The molecule has 0 saturated heterocycles. The highest BCUT2D eigenvalue weighted by molar-refractivity contribution is 5.71. The van der Waals surface area contributed by atoms with Crippen molar-refractivity contribution in [3.8, 4) is 0 Å². The van der Waals surface area contributed by atoms with Gasteiger partial charge in [-0.25, -0.2) is 0 Å². The molecule has 3 nitrogen and oxygen atoms in total. The van der Waals surface area contributed by atoms with Gasteiger partial charge in [0.15, 0.2) is 0 Å². The van der Waals surface area contributed by atoms with Crippen LogP contribution in [0.25, 0.3) is 0 Å². The Balaban J connectivity index is 1.90. The Morgan fingerprint density at radius 3 is 2.88 bits per heavy atom. The molecule has 0 radical (unpaired) electrons. The number of carbonyl (C=O) groups excluding carboxylic acids is 1. The summed E-state index contributed by atoms with van der Waals surface area (Å²) in [6.07, 6.45) is 2.60. The zero-order valence-electron chi connectivity index (χ0n) is 9.53. The zero-order valence-corrected chi connectivity index (χ0v) is 9.53. The molecule has 0 unspecified atom stereocenters. The van der Waals surface area contributed by atoms with E-state index in [1.54, 1.807) is 0 Å². The van der Waals surface area contributed by atoms with Gasteiger partial charge >= 0.3 is 5.97 Å². The van der Waals surface area contributed by atoms with E-state index >= 15 is 0 Å². The van der Waals surface area contributed by atoms with E-state index in [1.807, 2.05) is 6.07 Å². The summed E-state index contributed by atoms with van der Waals surface area (Å²) >= 11 is 0. The predicted molar refractivity (Wildman–Crippen MR) is 62.1 cm³/mol. The van der Waals surface area contributed by atoms with Crippen LogP contribution in [-0.2, 0) is 16.1 Å². The molecule has 1 fully saturated rings. The van der Waals surface area contributed by atoms with E-state index in [9.17, 15) is 4.79 Å². The second-order valence-electron chi connectivity index (χ2n) is 4.15. The number of rotatable bonds is 5. The number of methoxy groups -OCH3 is 1. The molecule has 0 atom stereocenters. The second-order valence-corrected chi connectivity index (χ2v) is 4.15. The van der Waals surface area contributed by atoms with Gasteiger partial charge in [-0.1, -0.05) is 24.3 Å². The van der Waals surface area contributed by atoms with E-state index in [0.29, 0.717) is 0 Å². The van der Waals surface area contributed by atoms with Crippen molar-refractivity contribution in [2.45, 2.75) is 25.3 Å². The highest BCUT2D eigenvalue weighted by atomic mass is 16.5. The van der Waals surface area contributed by atoms with Crippen molar-refractivity contribution < 1.29 is 9.53 Å². The van der Waals surface area contributed by atoms with E-state index in [2.05, 4.69) is 28.3 Å². The first-order chi connectivity index (χ1) is 7.81. The second kappa shape index (κ2) is 5.12. The molecule has 1 saturated carbocycles. The van der Waals surface area contributed by atoms with Gasteiger partial charge in [0, 0.05) is 6.54 Å². The summed E-state index contributed by atoms with van der Waals surface area (Å²) in [5.41, 5.74) is 2.73. The summed E-state index contributed by atoms with van der Waals surface area (Å²) in [5, 5.41) is 3.10. The van der Waals surface area contributed by atoms with Crippen molar-refractivity contribution in [2.75, 3.05) is 13.7 Å². The molecule has 3 heteroatoms. The molecule has 86 valence electrons. The third-order valence-corrected chi connectivity index (χ3v) is 2.88. The molecule has 0 spiro atoms. The first-order valence-electron chi connectivity index (χ1n) is 5.66. The normalized spacial score (nSPS) is 14.8. The van der Waals surface area contributed by atoms with Crippen molar-refractivity contribution in [1.29, 1.82) is 0 Å². The van der Waals surface area contributed by atoms with Gasteiger partial charge in [-0.05, 0) is 29.9 Å². The van der Waals surface area contributed by atoms with Crippen LogP contribution in [0.2, 0.25) is 0 Å². The number of benzene rings is 1. The minimum absolute atomic E-state index is 0.219. The Labute approximate surface area is 95.8 Å². The Bertz CT molecular complexity index is 372. The maximum absolute atomic E-state index is 10.9. The quantitative estimate of drug-likeness (QED) is 0.768. The molecule has 1 aliphatic carbocycles. The number of ether oxygens (including phenoxy) is 1. The number of hydrogen-bond acceptors (Lipinski definition) is 3. The molecular formula is C13H17NO2. The average molecular weight is 219 g/mol. The van der Waals surface area contributed by atoms with Crippen LogP contribution in [0.4, 0.5) is 0 Å². The number of carbonyl (C=O) groups is 1. The topological polar surface area (TPSA) is 38.3 Å². The van der Waals surface area contributed by atoms with E-state index in [4.69, 9.17) is 0 Å². The average Bonchev–Trinajstić information content (AvgIpc) is 3.13. The first-order valence-corrected chi connectivity index (χ1v) is 5.66. The maximum Gasteiger partial charge on any atom is 0.319 e. The molecular weight excluding hydrogens is 202 g/mol. The molecule has 1 aliphatic rings. The lowest BCUT2D eigenvalue weighted by atomic mass is 10.0. The Morgan fingerprint density at radius 2 is 2.19 bits per heavy atom. The minimum Gasteiger partial charge on any atom is -0.468 e. The molecule has 0 aromatic heterocycles. The maximum atomic E-state index is 10.9. The molecule has 0 bridgehead atoms. The van der Waals surface area contributed by atoms with Crippen LogP contribution in [0.5, 0.6) is 0 Å². The minimum atomic E-state index is -0.219. The fourth-order valence-electron chi connectivity index (χ4n) is 1.86. The monoisotopic (exact) mass is 219 g/mol.